The molecular formula is C30H20BrCl2F2N2O5PS. The summed E-state index contributed by atoms with van der Waals surface area (Å²) in [5.74, 6) is -0.989. The number of hydrogen-bond acceptors (Lipinski definition) is 7. The smallest absolute Gasteiger partial charge is 0.399 e. The normalized spacial score (nSPS) is 11.5. The van der Waals surface area contributed by atoms with Crippen molar-refractivity contribution in [1.82, 2.24) is 4.98 Å². The van der Waals surface area contributed by atoms with Crippen LogP contribution in [0.3, 0.4) is 0 Å². The molecule has 0 saturated heterocycles. The van der Waals surface area contributed by atoms with E-state index in [0.29, 0.717) is 31.8 Å². The number of nitrogens with zero attached hydrogens (tertiary/aromatic N) is 2. The van der Waals surface area contributed by atoms with Crippen molar-refractivity contribution >= 4 is 74.9 Å². The van der Waals surface area contributed by atoms with Crippen LogP contribution in [0.4, 0.5) is 19.9 Å². The minimum Gasteiger partial charge on any atom is -0.478 e. The van der Waals surface area contributed by atoms with E-state index in [1.807, 2.05) is 46.7 Å². The van der Waals surface area contributed by atoms with E-state index in [1.165, 1.54) is 11.3 Å². The third kappa shape index (κ3) is 7.38. The van der Waals surface area contributed by atoms with Crippen molar-refractivity contribution in [1.29, 1.82) is 0 Å². The molecule has 0 unspecified atom stereocenters. The van der Waals surface area contributed by atoms with Gasteiger partial charge in [-0.1, -0.05) is 87.7 Å². The quantitative estimate of drug-likeness (QED) is 0.135. The van der Waals surface area contributed by atoms with Gasteiger partial charge in [-0.25, -0.2) is 9.78 Å². The number of thiazole rings is 1. The highest BCUT2D eigenvalue weighted by molar-refractivity contribution is 9.10. The maximum atomic E-state index is 12.6. The molecule has 1 N–H and O–H groups in total. The molecule has 4 aromatic carbocycles. The molecule has 0 bridgehead atoms. The molecular weight excluding hydrogens is 720 g/mol. The SMILES string of the molecule is O=C(O)c1cccc(-c2ccc(-c3csc(N(Cc4ccc(CP(=O)(OF)OF)c(Br)c4)c4ccc(Cl)c(Cl)c4)n3)cc2)c1. The molecule has 0 amide bonds. The second-order valence-corrected chi connectivity index (χ2v) is 13.8. The van der Waals surface area contributed by atoms with Crippen molar-refractivity contribution in [3.63, 3.8) is 0 Å². The summed E-state index contributed by atoms with van der Waals surface area (Å²) in [7, 11) is -4.57. The lowest BCUT2D eigenvalue weighted by atomic mass is 10.0. The number of carbonyl (C=O) groups is 1. The van der Waals surface area contributed by atoms with Crippen molar-refractivity contribution in [2.75, 3.05) is 4.90 Å². The van der Waals surface area contributed by atoms with Crippen LogP contribution < -0.4 is 4.90 Å². The van der Waals surface area contributed by atoms with Gasteiger partial charge in [0.05, 0.1) is 34.0 Å². The predicted molar refractivity (Wildman–Crippen MR) is 172 cm³/mol. The first-order valence-electron chi connectivity index (χ1n) is 12.7. The summed E-state index contributed by atoms with van der Waals surface area (Å²) in [6, 6.07) is 24.6. The molecule has 0 aliphatic heterocycles. The van der Waals surface area contributed by atoms with Gasteiger partial charge in [0.15, 0.2) is 5.13 Å². The van der Waals surface area contributed by atoms with Gasteiger partial charge in [-0.2, -0.15) is 0 Å². The van der Waals surface area contributed by atoms with Crippen LogP contribution >= 0.6 is 58.1 Å². The Kier molecular flexibility index (Phi) is 10.2. The van der Waals surface area contributed by atoms with Crippen molar-refractivity contribution in [3.8, 4) is 22.4 Å². The lowest BCUT2D eigenvalue weighted by Crippen LogP contribution is -2.16. The summed E-state index contributed by atoms with van der Waals surface area (Å²) in [6.07, 6.45) is -0.614. The van der Waals surface area contributed by atoms with Gasteiger partial charge >= 0.3 is 13.6 Å². The molecule has 226 valence electrons. The lowest BCUT2D eigenvalue weighted by Gasteiger charge is -2.23. The van der Waals surface area contributed by atoms with Gasteiger partial charge in [0.25, 0.3) is 0 Å². The van der Waals surface area contributed by atoms with Crippen molar-refractivity contribution in [3.05, 3.63) is 122 Å². The van der Waals surface area contributed by atoms with Gasteiger partial charge in [0, 0.05) is 21.1 Å². The second kappa shape index (κ2) is 13.9. The number of benzene rings is 4. The first-order chi connectivity index (χ1) is 21.1. The molecule has 0 fully saturated rings. The Morgan fingerprint density at radius 2 is 1.66 bits per heavy atom. The average Bonchev–Trinajstić information content (AvgIpc) is 3.53. The van der Waals surface area contributed by atoms with E-state index in [4.69, 9.17) is 28.2 Å². The lowest BCUT2D eigenvalue weighted by molar-refractivity contribution is -0.0881. The highest BCUT2D eigenvalue weighted by Gasteiger charge is 2.29. The van der Waals surface area contributed by atoms with Crippen LogP contribution in [0.5, 0.6) is 0 Å². The third-order valence-corrected chi connectivity index (χ3v) is 10.1. The van der Waals surface area contributed by atoms with E-state index in [0.717, 1.165) is 33.6 Å². The zero-order valence-corrected chi connectivity index (χ0v) is 27.1. The number of aromatic carboxylic acids is 1. The summed E-state index contributed by atoms with van der Waals surface area (Å²) in [5.41, 5.74) is 5.28. The van der Waals surface area contributed by atoms with E-state index in [-0.39, 0.29) is 5.56 Å². The van der Waals surface area contributed by atoms with Crippen LogP contribution in [0, 0.1) is 0 Å². The van der Waals surface area contributed by atoms with Crippen LogP contribution in [0.15, 0.2) is 94.8 Å². The summed E-state index contributed by atoms with van der Waals surface area (Å²) in [4.78, 5) is 18.2. The Balaban J connectivity index is 1.44. The topological polar surface area (TPSA) is 89.0 Å². The minimum atomic E-state index is -4.57. The number of anilines is 2. The number of carboxylic acids is 1. The van der Waals surface area contributed by atoms with Gasteiger partial charge in [-0.15, -0.1) is 20.8 Å². The van der Waals surface area contributed by atoms with Gasteiger partial charge in [0.2, 0.25) is 0 Å². The molecule has 0 radical (unpaired) electrons. The third-order valence-electron chi connectivity index (χ3n) is 6.59. The Bertz CT molecular complexity index is 1870. The maximum absolute atomic E-state index is 12.6. The zero-order valence-electron chi connectivity index (χ0n) is 22.3. The van der Waals surface area contributed by atoms with E-state index >= 15 is 0 Å². The predicted octanol–water partition coefficient (Wildman–Crippen LogP) is 11.1. The Morgan fingerprint density at radius 1 is 0.932 bits per heavy atom. The first-order valence-corrected chi connectivity index (χ1v) is 16.8. The molecule has 7 nitrogen and oxygen atoms in total. The molecule has 0 aliphatic rings. The van der Waals surface area contributed by atoms with Gasteiger partial charge in [0.1, 0.15) is 0 Å². The first kappa shape index (κ1) is 32.2. The summed E-state index contributed by atoms with van der Waals surface area (Å²) >= 11 is 17.3. The second-order valence-electron chi connectivity index (χ2n) is 9.50. The monoisotopic (exact) mass is 738 g/mol. The molecule has 1 aromatic heterocycles. The molecule has 14 heteroatoms. The van der Waals surface area contributed by atoms with Gasteiger partial charge in [-0.05, 0) is 67.7 Å². The van der Waals surface area contributed by atoms with Crippen LogP contribution in [0.1, 0.15) is 21.5 Å². The molecule has 5 aromatic rings. The fraction of sp³-hybridized carbons (Fsp3) is 0.0667. The largest absolute Gasteiger partial charge is 0.478 e. The van der Waals surface area contributed by atoms with E-state index in [9.17, 15) is 23.5 Å². The van der Waals surface area contributed by atoms with E-state index in [2.05, 4.69) is 25.4 Å². The molecule has 5 rings (SSSR count). The summed E-state index contributed by atoms with van der Waals surface area (Å²) in [6.45, 7) is 0.319. The van der Waals surface area contributed by atoms with Crippen LogP contribution in [0.2, 0.25) is 10.0 Å². The van der Waals surface area contributed by atoms with Crippen LogP contribution in [-0.2, 0) is 26.7 Å². The van der Waals surface area contributed by atoms with E-state index < -0.39 is 19.7 Å². The van der Waals surface area contributed by atoms with Crippen molar-refractivity contribution in [2.45, 2.75) is 12.7 Å². The average molecular weight is 740 g/mol. The highest BCUT2D eigenvalue weighted by Crippen LogP contribution is 2.53. The number of hydrogen-bond donors (Lipinski definition) is 1. The summed E-state index contributed by atoms with van der Waals surface area (Å²) < 4.78 is 44.1. The molecule has 0 saturated carbocycles. The Hall–Kier alpha value is -3.15. The molecule has 0 atom stereocenters. The number of halogens is 5. The van der Waals surface area contributed by atoms with Gasteiger partial charge < -0.3 is 10.0 Å². The van der Waals surface area contributed by atoms with Crippen molar-refractivity contribution in [2.24, 2.45) is 0 Å². The minimum absolute atomic E-state index is 0.210. The van der Waals surface area contributed by atoms with Crippen LogP contribution in [-0.4, -0.2) is 16.1 Å². The van der Waals surface area contributed by atoms with E-state index in [1.54, 1.807) is 48.5 Å². The van der Waals surface area contributed by atoms with Crippen molar-refractivity contribution < 1.29 is 33.0 Å². The Morgan fingerprint density at radius 3 is 2.32 bits per heavy atom. The maximum Gasteiger partial charge on any atom is 0.399 e. The fourth-order valence-corrected chi connectivity index (χ4v) is 7.12. The van der Waals surface area contributed by atoms with Crippen LogP contribution in [0.25, 0.3) is 22.4 Å². The number of rotatable bonds is 11. The standard InChI is InChI=1S/C30H20BrCl2F2N2O5PS/c31-25-12-18(4-5-23(25)16-43(40,41-34)42-35)15-37(24-10-11-26(32)27(33)14-24)30-36-28(17-44-30)20-8-6-19(7-9-20)21-2-1-3-22(13-21)29(38)39/h1-14,17H,15-16H2,(H,38,39). The number of aromatic nitrogens is 1. The zero-order chi connectivity index (χ0) is 31.4. The molecule has 0 aliphatic carbocycles. The van der Waals surface area contributed by atoms with Gasteiger partial charge in [-0.3, -0.25) is 4.57 Å². The molecule has 44 heavy (non-hydrogen) atoms. The fourth-order valence-electron chi connectivity index (χ4n) is 4.38. The molecule has 1 heterocycles. The Labute approximate surface area is 273 Å². The summed E-state index contributed by atoms with van der Waals surface area (Å²) in [5, 5.41) is 12.6. The highest BCUT2D eigenvalue weighted by atomic mass is 79.9. The molecule has 0 spiro atoms. The number of carboxylic acid groups (broad SMARTS) is 1.